The summed E-state index contributed by atoms with van der Waals surface area (Å²) in [5, 5.41) is 1.33. The van der Waals surface area contributed by atoms with E-state index in [0.29, 0.717) is 5.92 Å². The molecule has 0 saturated heterocycles. The smallest absolute Gasteiger partial charge is 0.0480 e. The number of nitrogens with zero attached hydrogens (tertiary/aromatic N) is 1. The van der Waals surface area contributed by atoms with Crippen molar-refractivity contribution in [2.45, 2.75) is 26.8 Å². The number of nitrogens with two attached hydrogens (primary N) is 1. The topological polar surface area (TPSA) is 30.9 Å². The van der Waals surface area contributed by atoms with Crippen LogP contribution in [0.2, 0.25) is 0 Å². The SMILES string of the molecule is CC(C)Cn1ccc2cc(CCN)ccc21. The number of fused-ring (bicyclic) bond motifs is 1. The zero-order valence-electron chi connectivity index (χ0n) is 10.1. The van der Waals surface area contributed by atoms with E-state index >= 15 is 0 Å². The highest BCUT2D eigenvalue weighted by Crippen LogP contribution is 2.19. The van der Waals surface area contributed by atoms with Crippen molar-refractivity contribution in [2.24, 2.45) is 11.7 Å². The first-order chi connectivity index (χ1) is 7.70. The summed E-state index contributed by atoms with van der Waals surface area (Å²) < 4.78 is 2.33. The van der Waals surface area contributed by atoms with Crippen molar-refractivity contribution in [3.63, 3.8) is 0 Å². The highest BCUT2D eigenvalue weighted by atomic mass is 15.0. The molecule has 86 valence electrons. The molecule has 0 fully saturated rings. The molecule has 0 unspecified atom stereocenters. The molecule has 0 spiro atoms. The molecule has 0 saturated carbocycles. The van der Waals surface area contributed by atoms with E-state index in [2.05, 4.69) is 48.9 Å². The third-order valence-corrected chi connectivity index (χ3v) is 2.83. The molecule has 0 radical (unpaired) electrons. The van der Waals surface area contributed by atoms with Crippen molar-refractivity contribution in [3.8, 4) is 0 Å². The standard InChI is InChI=1S/C14H20N2/c1-11(2)10-16-8-6-13-9-12(5-7-15)3-4-14(13)16/h3-4,6,8-9,11H,5,7,10,15H2,1-2H3. The van der Waals surface area contributed by atoms with Crippen molar-refractivity contribution in [1.29, 1.82) is 0 Å². The van der Waals surface area contributed by atoms with Gasteiger partial charge in [0.25, 0.3) is 0 Å². The minimum atomic E-state index is 0.680. The van der Waals surface area contributed by atoms with E-state index in [4.69, 9.17) is 5.73 Å². The number of hydrogen-bond acceptors (Lipinski definition) is 1. The molecule has 0 bridgehead atoms. The fourth-order valence-electron chi connectivity index (χ4n) is 2.12. The van der Waals surface area contributed by atoms with E-state index in [9.17, 15) is 0 Å². The fraction of sp³-hybridized carbons (Fsp3) is 0.429. The maximum Gasteiger partial charge on any atom is 0.0480 e. The van der Waals surface area contributed by atoms with Crippen LogP contribution in [-0.4, -0.2) is 11.1 Å². The summed E-state index contributed by atoms with van der Waals surface area (Å²) in [6.45, 7) is 6.29. The molecule has 0 aliphatic heterocycles. The van der Waals surface area contributed by atoms with Crippen molar-refractivity contribution in [3.05, 3.63) is 36.0 Å². The van der Waals surface area contributed by atoms with Crippen LogP contribution in [0.5, 0.6) is 0 Å². The molecule has 2 rings (SSSR count). The van der Waals surface area contributed by atoms with Crippen LogP contribution in [0.1, 0.15) is 19.4 Å². The van der Waals surface area contributed by atoms with E-state index in [0.717, 1.165) is 19.5 Å². The van der Waals surface area contributed by atoms with Crippen LogP contribution in [0.4, 0.5) is 0 Å². The monoisotopic (exact) mass is 216 g/mol. The first kappa shape index (κ1) is 11.2. The molecule has 0 aliphatic rings. The van der Waals surface area contributed by atoms with Gasteiger partial charge in [0.05, 0.1) is 0 Å². The maximum atomic E-state index is 5.57. The summed E-state index contributed by atoms with van der Waals surface area (Å²) in [5.74, 6) is 0.680. The van der Waals surface area contributed by atoms with Gasteiger partial charge in [-0.2, -0.15) is 0 Å². The number of hydrogen-bond donors (Lipinski definition) is 1. The van der Waals surface area contributed by atoms with E-state index in [-0.39, 0.29) is 0 Å². The van der Waals surface area contributed by atoms with Crippen molar-refractivity contribution >= 4 is 10.9 Å². The molecule has 0 atom stereocenters. The van der Waals surface area contributed by atoms with Crippen LogP contribution in [0.15, 0.2) is 30.5 Å². The second-order valence-electron chi connectivity index (χ2n) is 4.79. The van der Waals surface area contributed by atoms with E-state index in [1.54, 1.807) is 0 Å². The van der Waals surface area contributed by atoms with Gasteiger partial charge >= 0.3 is 0 Å². The summed E-state index contributed by atoms with van der Waals surface area (Å²) in [6.07, 6.45) is 3.14. The Morgan fingerprint density at radius 2 is 2.06 bits per heavy atom. The predicted octanol–water partition coefficient (Wildman–Crippen LogP) is 2.80. The molecule has 1 aromatic heterocycles. The highest BCUT2D eigenvalue weighted by Gasteiger charge is 2.03. The lowest BCUT2D eigenvalue weighted by Crippen LogP contribution is -2.03. The molecule has 2 aromatic rings. The van der Waals surface area contributed by atoms with E-state index < -0.39 is 0 Å². The lowest BCUT2D eigenvalue weighted by Gasteiger charge is -2.08. The van der Waals surface area contributed by atoms with Crippen LogP contribution in [0, 0.1) is 5.92 Å². The Labute approximate surface area is 97.1 Å². The normalized spacial score (nSPS) is 11.5. The van der Waals surface area contributed by atoms with Crippen LogP contribution in [-0.2, 0) is 13.0 Å². The van der Waals surface area contributed by atoms with Crippen molar-refractivity contribution in [1.82, 2.24) is 4.57 Å². The molecule has 2 nitrogen and oxygen atoms in total. The highest BCUT2D eigenvalue weighted by molar-refractivity contribution is 5.80. The van der Waals surface area contributed by atoms with Gasteiger partial charge < -0.3 is 10.3 Å². The van der Waals surface area contributed by atoms with Gasteiger partial charge in [-0.25, -0.2) is 0 Å². The van der Waals surface area contributed by atoms with Gasteiger partial charge in [-0.05, 0) is 48.0 Å². The van der Waals surface area contributed by atoms with Crippen LogP contribution in [0.25, 0.3) is 10.9 Å². The van der Waals surface area contributed by atoms with Gasteiger partial charge in [0.15, 0.2) is 0 Å². The molecule has 16 heavy (non-hydrogen) atoms. The molecule has 0 aliphatic carbocycles. The van der Waals surface area contributed by atoms with Crippen molar-refractivity contribution < 1.29 is 0 Å². The Morgan fingerprint density at radius 1 is 1.25 bits per heavy atom. The maximum absolute atomic E-state index is 5.57. The number of benzene rings is 1. The summed E-state index contributed by atoms with van der Waals surface area (Å²) in [4.78, 5) is 0. The average Bonchev–Trinajstić information content (AvgIpc) is 2.61. The van der Waals surface area contributed by atoms with Gasteiger partial charge in [-0.15, -0.1) is 0 Å². The molecule has 0 amide bonds. The van der Waals surface area contributed by atoms with Crippen LogP contribution >= 0.6 is 0 Å². The first-order valence-electron chi connectivity index (χ1n) is 5.98. The van der Waals surface area contributed by atoms with Gasteiger partial charge in [-0.1, -0.05) is 19.9 Å². The summed E-state index contributed by atoms with van der Waals surface area (Å²) >= 11 is 0. The first-order valence-corrected chi connectivity index (χ1v) is 5.98. The second-order valence-corrected chi connectivity index (χ2v) is 4.79. The van der Waals surface area contributed by atoms with Crippen molar-refractivity contribution in [2.75, 3.05) is 6.54 Å². The summed E-state index contributed by atoms with van der Waals surface area (Å²) in [5.41, 5.74) is 8.23. The number of rotatable bonds is 4. The Bertz CT molecular complexity index is 469. The second kappa shape index (κ2) is 4.71. The fourth-order valence-corrected chi connectivity index (χ4v) is 2.12. The Morgan fingerprint density at radius 3 is 2.75 bits per heavy atom. The molecule has 1 heterocycles. The third kappa shape index (κ3) is 2.27. The molecule has 1 aromatic carbocycles. The largest absolute Gasteiger partial charge is 0.347 e. The van der Waals surface area contributed by atoms with Gasteiger partial charge in [0.1, 0.15) is 0 Å². The average molecular weight is 216 g/mol. The van der Waals surface area contributed by atoms with E-state index in [1.807, 2.05) is 0 Å². The van der Waals surface area contributed by atoms with Gasteiger partial charge in [-0.3, -0.25) is 0 Å². The zero-order valence-corrected chi connectivity index (χ0v) is 10.1. The zero-order chi connectivity index (χ0) is 11.5. The Kier molecular flexibility index (Phi) is 3.30. The quantitative estimate of drug-likeness (QED) is 0.837. The summed E-state index contributed by atoms with van der Waals surface area (Å²) in [7, 11) is 0. The molecular weight excluding hydrogens is 196 g/mol. The van der Waals surface area contributed by atoms with Gasteiger partial charge in [0.2, 0.25) is 0 Å². The lowest BCUT2D eigenvalue weighted by atomic mass is 10.1. The molecule has 2 N–H and O–H groups in total. The van der Waals surface area contributed by atoms with Crippen LogP contribution in [0.3, 0.4) is 0 Å². The van der Waals surface area contributed by atoms with Crippen LogP contribution < -0.4 is 5.73 Å². The minimum Gasteiger partial charge on any atom is -0.347 e. The third-order valence-electron chi connectivity index (χ3n) is 2.83. The molecule has 2 heteroatoms. The molecular formula is C14H20N2. The predicted molar refractivity (Wildman–Crippen MR) is 69.5 cm³/mol. The Balaban J connectivity index is 2.34. The summed E-state index contributed by atoms with van der Waals surface area (Å²) in [6, 6.07) is 8.84. The van der Waals surface area contributed by atoms with Gasteiger partial charge in [0, 0.05) is 18.3 Å². The lowest BCUT2D eigenvalue weighted by molar-refractivity contribution is 0.535. The number of aromatic nitrogens is 1. The minimum absolute atomic E-state index is 0.680. The Hall–Kier alpha value is -1.28. The van der Waals surface area contributed by atoms with E-state index in [1.165, 1.54) is 16.5 Å².